The predicted octanol–water partition coefficient (Wildman–Crippen LogP) is 4.12. The Morgan fingerprint density at radius 3 is 2.63 bits per heavy atom. The van der Waals surface area contributed by atoms with E-state index in [1.807, 2.05) is 50.2 Å². The number of anilines is 1. The largest absolute Gasteiger partial charge is 0.481 e. The smallest absolute Gasteiger partial charge is 0.265 e. The summed E-state index contributed by atoms with van der Waals surface area (Å²) < 4.78 is 5.86. The van der Waals surface area contributed by atoms with E-state index in [4.69, 9.17) is 4.74 Å². The summed E-state index contributed by atoms with van der Waals surface area (Å²) in [6.07, 6.45) is 3.20. The lowest BCUT2D eigenvalue weighted by Gasteiger charge is -2.19. The van der Waals surface area contributed by atoms with Gasteiger partial charge in [-0.1, -0.05) is 37.3 Å². The Kier molecular flexibility index (Phi) is 7.16. The number of carbonyl (C=O) groups is 2. The van der Waals surface area contributed by atoms with E-state index in [-0.39, 0.29) is 11.8 Å². The summed E-state index contributed by atoms with van der Waals surface area (Å²) in [4.78, 5) is 29.5. The molecule has 2 N–H and O–H groups in total. The molecule has 1 atom stereocenters. The van der Waals surface area contributed by atoms with Crippen molar-refractivity contribution in [2.24, 2.45) is 0 Å². The third kappa shape index (κ3) is 5.67. The van der Waals surface area contributed by atoms with Crippen LogP contribution in [-0.4, -0.2) is 22.9 Å². The highest BCUT2D eigenvalue weighted by molar-refractivity contribution is 6.04. The Hall–Kier alpha value is -3.67. The standard InChI is InChI=1S/C24H25N3O3/c1-3-22(30-19-10-6-8-17(2)14-19)24(29)27-21-12-5-4-11-20(21)23(28)26-16-18-9-7-13-25-15-18/h4-15,22H,3,16H2,1-2H3,(H,26,28)(H,27,29). The van der Waals surface area contributed by atoms with Gasteiger partial charge >= 0.3 is 0 Å². The van der Waals surface area contributed by atoms with Crippen molar-refractivity contribution in [1.82, 2.24) is 10.3 Å². The number of benzene rings is 2. The molecule has 30 heavy (non-hydrogen) atoms. The summed E-state index contributed by atoms with van der Waals surface area (Å²) in [5.41, 5.74) is 2.78. The van der Waals surface area contributed by atoms with E-state index in [0.717, 1.165) is 11.1 Å². The summed E-state index contributed by atoms with van der Waals surface area (Å²) in [7, 11) is 0. The molecule has 3 rings (SSSR count). The fraction of sp³-hybridized carbons (Fsp3) is 0.208. The maximum atomic E-state index is 12.8. The van der Waals surface area contributed by atoms with Crippen molar-refractivity contribution < 1.29 is 14.3 Å². The molecule has 1 aromatic heterocycles. The number of hydrogen-bond donors (Lipinski definition) is 2. The van der Waals surface area contributed by atoms with Gasteiger partial charge in [0, 0.05) is 18.9 Å². The average Bonchev–Trinajstić information content (AvgIpc) is 2.77. The Bertz CT molecular complexity index is 1010. The Morgan fingerprint density at radius 2 is 1.90 bits per heavy atom. The first-order valence-electron chi connectivity index (χ1n) is 9.87. The number of rotatable bonds is 8. The van der Waals surface area contributed by atoms with Crippen molar-refractivity contribution in [3.05, 3.63) is 89.7 Å². The molecule has 6 nitrogen and oxygen atoms in total. The summed E-state index contributed by atoms with van der Waals surface area (Å²) in [5.74, 6) is 0.0634. The molecule has 0 saturated heterocycles. The summed E-state index contributed by atoms with van der Waals surface area (Å²) in [6.45, 7) is 4.20. The van der Waals surface area contributed by atoms with Gasteiger partial charge in [-0.2, -0.15) is 0 Å². The maximum absolute atomic E-state index is 12.8. The zero-order chi connectivity index (χ0) is 21.3. The summed E-state index contributed by atoms with van der Waals surface area (Å²) in [5, 5.41) is 5.70. The summed E-state index contributed by atoms with van der Waals surface area (Å²) in [6, 6.07) is 18.2. The lowest BCUT2D eigenvalue weighted by molar-refractivity contribution is -0.122. The van der Waals surface area contributed by atoms with Gasteiger partial charge in [-0.25, -0.2) is 0 Å². The summed E-state index contributed by atoms with van der Waals surface area (Å²) >= 11 is 0. The van der Waals surface area contributed by atoms with Crippen LogP contribution in [0.2, 0.25) is 0 Å². The van der Waals surface area contributed by atoms with Crippen LogP contribution in [-0.2, 0) is 11.3 Å². The fourth-order valence-electron chi connectivity index (χ4n) is 2.96. The van der Waals surface area contributed by atoms with Gasteiger partial charge in [0.1, 0.15) is 5.75 Å². The number of carbonyl (C=O) groups excluding carboxylic acids is 2. The van der Waals surface area contributed by atoms with Crippen LogP contribution >= 0.6 is 0 Å². The lowest BCUT2D eigenvalue weighted by atomic mass is 10.1. The van der Waals surface area contributed by atoms with Gasteiger partial charge in [-0.3, -0.25) is 14.6 Å². The highest BCUT2D eigenvalue weighted by Crippen LogP contribution is 2.19. The van der Waals surface area contributed by atoms with Gasteiger partial charge in [-0.05, 0) is 54.8 Å². The van der Waals surface area contributed by atoms with Gasteiger partial charge in [-0.15, -0.1) is 0 Å². The Morgan fingerprint density at radius 1 is 1.07 bits per heavy atom. The van der Waals surface area contributed by atoms with Crippen molar-refractivity contribution >= 4 is 17.5 Å². The molecule has 3 aromatic rings. The molecule has 0 aliphatic heterocycles. The van der Waals surface area contributed by atoms with Gasteiger partial charge in [0.25, 0.3) is 11.8 Å². The number of hydrogen-bond acceptors (Lipinski definition) is 4. The van der Waals surface area contributed by atoms with Gasteiger partial charge in [0.05, 0.1) is 11.3 Å². The van der Waals surface area contributed by atoms with Crippen molar-refractivity contribution in [1.29, 1.82) is 0 Å². The topological polar surface area (TPSA) is 80.3 Å². The number of amides is 2. The monoisotopic (exact) mass is 403 g/mol. The van der Waals surface area contributed by atoms with Gasteiger partial charge in [0.2, 0.25) is 0 Å². The molecule has 2 amide bonds. The van der Waals surface area contributed by atoms with E-state index in [0.29, 0.717) is 30.0 Å². The number of ether oxygens (including phenoxy) is 1. The molecule has 6 heteroatoms. The number of pyridine rings is 1. The number of nitrogens with zero attached hydrogens (tertiary/aromatic N) is 1. The molecule has 0 aliphatic carbocycles. The number of para-hydroxylation sites is 1. The SMILES string of the molecule is CCC(Oc1cccc(C)c1)C(=O)Nc1ccccc1C(=O)NCc1cccnc1. The molecule has 0 radical (unpaired) electrons. The third-order valence-corrected chi connectivity index (χ3v) is 4.54. The molecule has 0 fully saturated rings. The van der Waals surface area contributed by atoms with E-state index < -0.39 is 6.10 Å². The van der Waals surface area contributed by atoms with Gasteiger partial charge in [0.15, 0.2) is 6.10 Å². The van der Waals surface area contributed by atoms with Crippen molar-refractivity contribution in [2.75, 3.05) is 5.32 Å². The quantitative estimate of drug-likeness (QED) is 0.593. The van der Waals surface area contributed by atoms with Gasteiger partial charge < -0.3 is 15.4 Å². The zero-order valence-electron chi connectivity index (χ0n) is 17.1. The highest BCUT2D eigenvalue weighted by atomic mass is 16.5. The van der Waals surface area contributed by atoms with E-state index in [1.54, 1.807) is 36.7 Å². The average molecular weight is 403 g/mol. The van der Waals surface area contributed by atoms with Crippen LogP contribution in [0, 0.1) is 6.92 Å². The Balaban J connectivity index is 1.68. The molecule has 0 spiro atoms. The molecule has 0 aliphatic rings. The molecule has 0 bridgehead atoms. The van der Waals surface area contributed by atoms with Crippen molar-refractivity contribution in [2.45, 2.75) is 32.9 Å². The van der Waals surface area contributed by atoms with Crippen LogP contribution in [0.25, 0.3) is 0 Å². The van der Waals surface area contributed by atoms with E-state index >= 15 is 0 Å². The van der Waals surface area contributed by atoms with E-state index in [2.05, 4.69) is 15.6 Å². The van der Waals surface area contributed by atoms with Crippen LogP contribution < -0.4 is 15.4 Å². The number of nitrogens with one attached hydrogen (secondary N) is 2. The minimum atomic E-state index is -0.668. The molecule has 0 saturated carbocycles. The minimum absolute atomic E-state index is 0.276. The van der Waals surface area contributed by atoms with Crippen LogP contribution in [0.3, 0.4) is 0 Å². The van der Waals surface area contributed by atoms with Crippen molar-refractivity contribution in [3.8, 4) is 5.75 Å². The first-order chi connectivity index (χ1) is 14.6. The number of aromatic nitrogens is 1. The molecular weight excluding hydrogens is 378 g/mol. The number of aryl methyl sites for hydroxylation is 1. The normalized spacial score (nSPS) is 11.4. The maximum Gasteiger partial charge on any atom is 0.265 e. The second-order valence-electron chi connectivity index (χ2n) is 6.91. The molecule has 154 valence electrons. The van der Waals surface area contributed by atoms with Crippen LogP contribution in [0.5, 0.6) is 5.75 Å². The molecular formula is C24H25N3O3. The van der Waals surface area contributed by atoms with Crippen molar-refractivity contribution in [3.63, 3.8) is 0 Å². The zero-order valence-corrected chi connectivity index (χ0v) is 17.1. The first-order valence-corrected chi connectivity index (χ1v) is 9.87. The Labute approximate surface area is 176 Å². The second-order valence-corrected chi connectivity index (χ2v) is 6.91. The third-order valence-electron chi connectivity index (χ3n) is 4.54. The fourth-order valence-corrected chi connectivity index (χ4v) is 2.96. The minimum Gasteiger partial charge on any atom is -0.481 e. The lowest BCUT2D eigenvalue weighted by Crippen LogP contribution is -2.33. The van der Waals surface area contributed by atoms with Crippen LogP contribution in [0.4, 0.5) is 5.69 Å². The first kappa shape index (κ1) is 21.0. The molecule has 2 aromatic carbocycles. The molecule has 1 unspecified atom stereocenters. The molecule has 1 heterocycles. The predicted molar refractivity (Wildman–Crippen MR) is 116 cm³/mol. The van der Waals surface area contributed by atoms with Crippen LogP contribution in [0.1, 0.15) is 34.8 Å². The van der Waals surface area contributed by atoms with E-state index in [1.165, 1.54) is 0 Å². The second kappa shape index (κ2) is 10.2. The highest BCUT2D eigenvalue weighted by Gasteiger charge is 2.21. The van der Waals surface area contributed by atoms with Crippen LogP contribution in [0.15, 0.2) is 73.1 Å². The van der Waals surface area contributed by atoms with E-state index in [9.17, 15) is 9.59 Å².